The molecule has 0 atom stereocenters. The Kier molecular flexibility index (Phi) is 6.29. The maximum atomic E-state index is 10.5. The van der Waals surface area contributed by atoms with Crippen molar-refractivity contribution in [3.63, 3.8) is 0 Å². The molecule has 0 unspecified atom stereocenters. The monoisotopic (exact) mass is 314 g/mol. The minimum Gasteiger partial charge on any atom is -0.310 e. The highest BCUT2D eigenvalue weighted by molar-refractivity contribution is 8.93. The number of hydrogen-bond donors (Lipinski definition) is 1. The van der Waals surface area contributed by atoms with Gasteiger partial charge in [0.2, 0.25) is 0 Å². The van der Waals surface area contributed by atoms with Gasteiger partial charge in [0.05, 0.1) is 4.92 Å². The van der Waals surface area contributed by atoms with Crippen LogP contribution >= 0.6 is 17.0 Å². The molecule has 0 spiro atoms. The predicted molar refractivity (Wildman–Crippen MR) is 77.1 cm³/mol. The number of nitrogens with one attached hydrogen (secondary N) is 1. The Morgan fingerprint density at radius 1 is 1.17 bits per heavy atom. The van der Waals surface area contributed by atoms with Crippen molar-refractivity contribution >= 4 is 22.7 Å². The molecule has 1 N–H and O–H groups in total. The zero-order valence-corrected chi connectivity index (χ0v) is 12.0. The van der Waals surface area contributed by atoms with Crippen LogP contribution in [0.15, 0.2) is 24.3 Å². The van der Waals surface area contributed by atoms with Crippen molar-refractivity contribution in [2.45, 2.75) is 44.7 Å². The van der Waals surface area contributed by atoms with E-state index in [1.807, 2.05) is 12.1 Å². The number of nitro benzene ring substituents is 1. The predicted octanol–water partition coefficient (Wildman–Crippen LogP) is 3.60. The van der Waals surface area contributed by atoms with Gasteiger partial charge in [-0.3, -0.25) is 10.1 Å². The van der Waals surface area contributed by atoms with Crippen molar-refractivity contribution in [1.82, 2.24) is 5.32 Å². The first kappa shape index (κ1) is 15.1. The number of nitro groups is 1. The topological polar surface area (TPSA) is 55.2 Å². The molecule has 0 heterocycles. The third kappa shape index (κ3) is 4.38. The Morgan fingerprint density at radius 3 is 2.33 bits per heavy atom. The van der Waals surface area contributed by atoms with Gasteiger partial charge in [0.15, 0.2) is 0 Å². The zero-order chi connectivity index (χ0) is 12.1. The summed E-state index contributed by atoms with van der Waals surface area (Å²) in [6.07, 6.45) is 6.51. The minimum absolute atomic E-state index is 0. The standard InChI is InChI=1S/C13H18N2O2.BrH/c16-15(17)13-8-6-11(7-9-13)10-14-12-4-2-1-3-5-12;/h6-9,12,14H,1-5,10H2;1H. The number of non-ortho nitro benzene ring substituents is 1. The molecule has 1 aromatic rings. The number of benzene rings is 1. The highest BCUT2D eigenvalue weighted by Crippen LogP contribution is 2.18. The molecule has 1 saturated carbocycles. The van der Waals surface area contributed by atoms with E-state index in [9.17, 15) is 10.1 Å². The molecule has 1 aliphatic carbocycles. The van der Waals surface area contributed by atoms with Crippen molar-refractivity contribution in [3.8, 4) is 0 Å². The van der Waals surface area contributed by atoms with Crippen LogP contribution in [0.1, 0.15) is 37.7 Å². The summed E-state index contributed by atoms with van der Waals surface area (Å²) in [5, 5.41) is 14.0. The van der Waals surface area contributed by atoms with Crippen LogP contribution in [0.4, 0.5) is 5.69 Å². The van der Waals surface area contributed by atoms with E-state index in [1.54, 1.807) is 12.1 Å². The van der Waals surface area contributed by atoms with Crippen molar-refractivity contribution in [2.24, 2.45) is 0 Å². The van der Waals surface area contributed by atoms with E-state index in [1.165, 1.54) is 32.1 Å². The Balaban J connectivity index is 0.00000162. The summed E-state index contributed by atoms with van der Waals surface area (Å²) in [5.41, 5.74) is 1.27. The lowest BCUT2D eigenvalue weighted by Crippen LogP contribution is -2.30. The van der Waals surface area contributed by atoms with E-state index >= 15 is 0 Å². The summed E-state index contributed by atoms with van der Waals surface area (Å²) >= 11 is 0. The van der Waals surface area contributed by atoms with Gasteiger partial charge in [0.25, 0.3) is 5.69 Å². The maximum Gasteiger partial charge on any atom is 0.269 e. The summed E-state index contributed by atoms with van der Waals surface area (Å²) < 4.78 is 0. The molecule has 4 nitrogen and oxygen atoms in total. The number of halogens is 1. The smallest absolute Gasteiger partial charge is 0.269 e. The maximum absolute atomic E-state index is 10.5. The second-order valence-corrected chi connectivity index (χ2v) is 4.64. The highest BCUT2D eigenvalue weighted by Gasteiger charge is 2.12. The SMILES string of the molecule is Br.O=[N+]([O-])c1ccc(CNC2CCCCC2)cc1. The largest absolute Gasteiger partial charge is 0.310 e. The van der Waals surface area contributed by atoms with Crippen molar-refractivity contribution in [3.05, 3.63) is 39.9 Å². The summed E-state index contributed by atoms with van der Waals surface area (Å²) in [6, 6.07) is 7.41. The van der Waals surface area contributed by atoms with Crippen molar-refractivity contribution in [1.29, 1.82) is 0 Å². The Labute approximate surface area is 118 Å². The average molecular weight is 315 g/mol. The first-order valence-electron chi connectivity index (χ1n) is 6.22. The fourth-order valence-corrected chi connectivity index (χ4v) is 2.30. The number of hydrogen-bond acceptors (Lipinski definition) is 3. The van der Waals surface area contributed by atoms with E-state index in [0.29, 0.717) is 6.04 Å². The molecule has 2 rings (SSSR count). The van der Waals surface area contributed by atoms with E-state index in [-0.39, 0.29) is 27.6 Å². The van der Waals surface area contributed by atoms with Gasteiger partial charge in [-0.15, -0.1) is 17.0 Å². The molecule has 18 heavy (non-hydrogen) atoms. The summed E-state index contributed by atoms with van der Waals surface area (Å²) in [6.45, 7) is 0.808. The second-order valence-electron chi connectivity index (χ2n) is 4.64. The summed E-state index contributed by atoms with van der Waals surface area (Å²) in [5.74, 6) is 0. The van der Waals surface area contributed by atoms with Crippen LogP contribution in [0, 0.1) is 10.1 Å². The van der Waals surface area contributed by atoms with Crippen LogP contribution in [-0.4, -0.2) is 11.0 Å². The molecule has 100 valence electrons. The van der Waals surface area contributed by atoms with Gasteiger partial charge in [-0.05, 0) is 18.4 Å². The first-order valence-corrected chi connectivity index (χ1v) is 6.22. The van der Waals surface area contributed by atoms with Gasteiger partial charge in [-0.2, -0.15) is 0 Å². The molecular formula is C13H19BrN2O2. The average Bonchev–Trinajstić information content (AvgIpc) is 2.38. The minimum atomic E-state index is -0.363. The molecule has 1 fully saturated rings. The molecule has 0 aliphatic heterocycles. The van der Waals surface area contributed by atoms with Crippen LogP contribution in [0.25, 0.3) is 0 Å². The molecule has 0 bridgehead atoms. The highest BCUT2D eigenvalue weighted by atomic mass is 79.9. The summed E-state index contributed by atoms with van der Waals surface area (Å²) in [4.78, 5) is 10.1. The normalized spacial score (nSPS) is 16.0. The van der Waals surface area contributed by atoms with E-state index < -0.39 is 0 Å². The van der Waals surface area contributed by atoms with Gasteiger partial charge in [0.1, 0.15) is 0 Å². The van der Waals surface area contributed by atoms with Gasteiger partial charge in [0, 0.05) is 24.7 Å². The quantitative estimate of drug-likeness (QED) is 0.682. The van der Waals surface area contributed by atoms with Crippen LogP contribution < -0.4 is 5.32 Å². The summed E-state index contributed by atoms with van der Waals surface area (Å²) in [7, 11) is 0. The third-order valence-corrected chi connectivity index (χ3v) is 3.35. The first-order chi connectivity index (χ1) is 8.25. The molecule has 0 saturated heterocycles. The van der Waals surface area contributed by atoms with Gasteiger partial charge >= 0.3 is 0 Å². The van der Waals surface area contributed by atoms with Gasteiger partial charge < -0.3 is 5.32 Å². The van der Waals surface area contributed by atoms with Crippen molar-refractivity contribution < 1.29 is 4.92 Å². The Hall–Kier alpha value is -0.940. The van der Waals surface area contributed by atoms with Gasteiger partial charge in [-0.25, -0.2) is 0 Å². The molecule has 0 amide bonds. The zero-order valence-electron chi connectivity index (χ0n) is 10.3. The lowest BCUT2D eigenvalue weighted by atomic mass is 9.95. The fourth-order valence-electron chi connectivity index (χ4n) is 2.30. The van der Waals surface area contributed by atoms with Crippen LogP contribution in [-0.2, 0) is 6.54 Å². The fraction of sp³-hybridized carbons (Fsp3) is 0.538. The van der Waals surface area contributed by atoms with Crippen LogP contribution in [0.3, 0.4) is 0 Å². The number of rotatable bonds is 4. The third-order valence-electron chi connectivity index (χ3n) is 3.35. The van der Waals surface area contributed by atoms with Crippen LogP contribution in [0.5, 0.6) is 0 Å². The Morgan fingerprint density at radius 2 is 1.78 bits per heavy atom. The number of nitrogens with zero attached hydrogens (tertiary/aromatic N) is 1. The van der Waals surface area contributed by atoms with E-state index in [2.05, 4.69) is 5.32 Å². The molecule has 0 radical (unpaired) electrons. The second kappa shape index (κ2) is 7.48. The van der Waals surface area contributed by atoms with Crippen molar-refractivity contribution in [2.75, 3.05) is 0 Å². The lowest BCUT2D eigenvalue weighted by Gasteiger charge is -2.22. The molecule has 1 aliphatic rings. The molecular weight excluding hydrogens is 296 g/mol. The molecule has 1 aromatic carbocycles. The molecule has 0 aromatic heterocycles. The molecule has 5 heteroatoms. The Bertz CT molecular complexity index is 375. The lowest BCUT2D eigenvalue weighted by molar-refractivity contribution is -0.384. The van der Waals surface area contributed by atoms with Crippen LogP contribution in [0.2, 0.25) is 0 Å². The van der Waals surface area contributed by atoms with E-state index in [4.69, 9.17) is 0 Å². The van der Waals surface area contributed by atoms with E-state index in [0.717, 1.165) is 12.1 Å². The van der Waals surface area contributed by atoms with Gasteiger partial charge in [-0.1, -0.05) is 31.4 Å².